The number of nitrogens with zero attached hydrogens (tertiary/aromatic N) is 1. The third kappa shape index (κ3) is 2.27. The van der Waals surface area contributed by atoms with Crippen molar-refractivity contribution in [3.63, 3.8) is 0 Å². The van der Waals surface area contributed by atoms with E-state index in [0.29, 0.717) is 6.54 Å². The fourth-order valence-corrected chi connectivity index (χ4v) is 4.88. The van der Waals surface area contributed by atoms with Gasteiger partial charge in [-0.2, -0.15) is 0 Å². The molecule has 3 heteroatoms. The van der Waals surface area contributed by atoms with Gasteiger partial charge in [-0.15, -0.1) is 0 Å². The lowest BCUT2D eigenvalue weighted by molar-refractivity contribution is -0.141. The zero-order chi connectivity index (χ0) is 18.6. The molecule has 1 aliphatic heterocycles. The molecular formula is C24H21NO2. The van der Waals surface area contributed by atoms with E-state index in [0.717, 1.165) is 11.1 Å². The number of amides is 2. The highest BCUT2D eigenvalue weighted by atomic mass is 16.2. The first-order chi connectivity index (χ1) is 13.1. The molecule has 0 N–H and O–H groups in total. The maximum atomic E-state index is 13.4. The predicted octanol–water partition coefficient (Wildman–Crippen LogP) is 4.01. The van der Waals surface area contributed by atoms with Gasteiger partial charge in [0.2, 0.25) is 11.8 Å². The van der Waals surface area contributed by atoms with Crippen molar-refractivity contribution in [3.8, 4) is 0 Å². The van der Waals surface area contributed by atoms with Crippen molar-refractivity contribution in [2.24, 2.45) is 17.3 Å². The Labute approximate surface area is 159 Å². The van der Waals surface area contributed by atoms with Gasteiger partial charge in [0.15, 0.2) is 0 Å². The fourth-order valence-electron chi connectivity index (χ4n) is 4.88. The first kappa shape index (κ1) is 16.2. The summed E-state index contributed by atoms with van der Waals surface area (Å²) in [6.07, 6.45) is 8.15. The number of rotatable bonds is 3. The summed E-state index contributed by atoms with van der Waals surface area (Å²) in [5.74, 6) is -0.313. The topological polar surface area (TPSA) is 37.4 Å². The third-order valence-corrected chi connectivity index (χ3v) is 6.27. The van der Waals surface area contributed by atoms with E-state index in [1.807, 2.05) is 61.5 Å². The molecule has 0 radical (unpaired) electrons. The number of allylic oxidation sites excluding steroid dienone is 2. The van der Waals surface area contributed by atoms with Crippen LogP contribution in [0.5, 0.6) is 0 Å². The number of aryl methyl sites for hydroxylation is 1. The summed E-state index contributed by atoms with van der Waals surface area (Å²) in [5.41, 5.74) is 2.45. The lowest BCUT2D eigenvalue weighted by Crippen LogP contribution is -2.42. The highest BCUT2D eigenvalue weighted by Gasteiger charge is 2.63. The maximum Gasteiger partial charge on any atom is 0.244 e. The first-order valence-electron chi connectivity index (χ1n) is 9.45. The van der Waals surface area contributed by atoms with Crippen LogP contribution in [-0.2, 0) is 16.1 Å². The van der Waals surface area contributed by atoms with Crippen LogP contribution in [0.15, 0.2) is 78.9 Å². The van der Waals surface area contributed by atoms with Gasteiger partial charge in [0.1, 0.15) is 0 Å². The highest BCUT2D eigenvalue weighted by Crippen LogP contribution is 2.57. The summed E-state index contributed by atoms with van der Waals surface area (Å²) in [6, 6.07) is 18.2. The minimum atomic E-state index is -0.822. The number of benzene rings is 2. The normalized spacial score (nSPS) is 30.9. The average molecular weight is 355 g/mol. The van der Waals surface area contributed by atoms with E-state index in [2.05, 4.69) is 24.3 Å². The Hall–Kier alpha value is -2.94. The Bertz CT molecular complexity index is 957. The van der Waals surface area contributed by atoms with Crippen LogP contribution < -0.4 is 0 Å². The van der Waals surface area contributed by atoms with Crippen LogP contribution in [0, 0.1) is 24.2 Å². The second kappa shape index (κ2) is 5.78. The summed E-state index contributed by atoms with van der Waals surface area (Å²) < 4.78 is 0. The zero-order valence-corrected chi connectivity index (χ0v) is 15.2. The van der Waals surface area contributed by atoms with Crippen molar-refractivity contribution in [3.05, 3.63) is 95.6 Å². The molecule has 0 unspecified atom stereocenters. The van der Waals surface area contributed by atoms with Gasteiger partial charge in [-0.25, -0.2) is 0 Å². The van der Waals surface area contributed by atoms with Crippen molar-refractivity contribution in [1.82, 2.24) is 4.90 Å². The van der Waals surface area contributed by atoms with Gasteiger partial charge in [-0.3, -0.25) is 14.5 Å². The number of imide groups is 1. The van der Waals surface area contributed by atoms with E-state index in [1.54, 1.807) is 0 Å². The van der Waals surface area contributed by atoms with Crippen molar-refractivity contribution >= 4 is 11.8 Å². The zero-order valence-electron chi connectivity index (χ0n) is 15.2. The molecule has 3 aliphatic carbocycles. The number of likely N-dealkylation sites (tertiary alicyclic amines) is 1. The average Bonchev–Trinajstić information content (AvgIpc) is 2.92. The molecule has 0 aromatic heterocycles. The van der Waals surface area contributed by atoms with Gasteiger partial charge in [-0.1, -0.05) is 84.5 Å². The highest BCUT2D eigenvalue weighted by molar-refractivity contribution is 6.10. The van der Waals surface area contributed by atoms with Crippen LogP contribution in [0.1, 0.15) is 22.6 Å². The second-order valence-electron chi connectivity index (χ2n) is 7.86. The Balaban J connectivity index is 1.55. The van der Waals surface area contributed by atoms with Crippen LogP contribution in [0.4, 0.5) is 0 Å². The quantitative estimate of drug-likeness (QED) is 0.616. The third-order valence-electron chi connectivity index (χ3n) is 6.27. The summed E-state index contributed by atoms with van der Waals surface area (Å²) in [7, 11) is 0. The van der Waals surface area contributed by atoms with Crippen molar-refractivity contribution in [2.75, 3.05) is 0 Å². The SMILES string of the molecule is Cc1ccc(CN2C(=O)[C@@H]3[C@@H](c4ccccc4)C4C=CC3(C=C4)C2=O)cc1. The maximum absolute atomic E-state index is 13.4. The van der Waals surface area contributed by atoms with E-state index in [1.165, 1.54) is 10.5 Å². The van der Waals surface area contributed by atoms with E-state index in [-0.39, 0.29) is 29.6 Å². The Morgan fingerprint density at radius 3 is 2.26 bits per heavy atom. The van der Waals surface area contributed by atoms with E-state index < -0.39 is 5.41 Å². The molecule has 0 saturated carbocycles. The van der Waals surface area contributed by atoms with Crippen LogP contribution in [0.2, 0.25) is 0 Å². The molecule has 1 fully saturated rings. The standard InChI is InChI=1S/C24H21NO2/c1-16-7-9-17(10-8-16)15-25-22(26)21-20(18-5-3-2-4-6-18)19-11-13-24(21,14-12-19)23(25)27/h2-14,19-21H,15H2,1H3/t19?,20-,21-,24?/m0/s1. The number of hydrogen-bond donors (Lipinski definition) is 0. The van der Waals surface area contributed by atoms with Crippen molar-refractivity contribution in [1.29, 1.82) is 0 Å². The summed E-state index contributed by atoms with van der Waals surface area (Å²) in [6.45, 7) is 2.37. The number of carbonyl (C=O) groups excluding carboxylic acids is 2. The number of hydrogen-bond acceptors (Lipinski definition) is 2. The smallest absolute Gasteiger partial charge is 0.244 e. The van der Waals surface area contributed by atoms with Gasteiger partial charge in [0, 0.05) is 11.8 Å². The van der Waals surface area contributed by atoms with Crippen LogP contribution in [0.25, 0.3) is 0 Å². The summed E-state index contributed by atoms with van der Waals surface area (Å²) >= 11 is 0. The monoisotopic (exact) mass is 355 g/mol. The van der Waals surface area contributed by atoms with Gasteiger partial charge in [0.25, 0.3) is 0 Å². The molecular weight excluding hydrogens is 334 g/mol. The molecule has 134 valence electrons. The molecule has 2 atom stereocenters. The summed E-state index contributed by atoms with van der Waals surface area (Å²) in [5, 5.41) is 0. The minimum absolute atomic E-state index is 0.0145. The fraction of sp³-hybridized carbons (Fsp3) is 0.250. The van der Waals surface area contributed by atoms with Crippen LogP contribution in [-0.4, -0.2) is 16.7 Å². The molecule has 1 spiro atoms. The molecule has 4 aliphatic rings. The summed E-state index contributed by atoms with van der Waals surface area (Å²) in [4.78, 5) is 28.3. The van der Waals surface area contributed by atoms with E-state index in [9.17, 15) is 9.59 Å². The van der Waals surface area contributed by atoms with Gasteiger partial charge >= 0.3 is 0 Å². The minimum Gasteiger partial charge on any atom is -0.277 e. The Morgan fingerprint density at radius 2 is 1.59 bits per heavy atom. The largest absolute Gasteiger partial charge is 0.277 e. The molecule has 2 aromatic carbocycles. The van der Waals surface area contributed by atoms with Crippen LogP contribution >= 0.6 is 0 Å². The molecule has 2 aromatic rings. The van der Waals surface area contributed by atoms with E-state index >= 15 is 0 Å². The molecule has 1 saturated heterocycles. The van der Waals surface area contributed by atoms with E-state index in [4.69, 9.17) is 0 Å². The predicted molar refractivity (Wildman–Crippen MR) is 104 cm³/mol. The van der Waals surface area contributed by atoms with Crippen LogP contribution in [0.3, 0.4) is 0 Å². The Kier molecular flexibility index (Phi) is 3.48. The number of carbonyl (C=O) groups is 2. The lowest BCUT2D eigenvalue weighted by Gasteiger charge is -2.42. The Morgan fingerprint density at radius 1 is 0.926 bits per heavy atom. The van der Waals surface area contributed by atoms with Crippen molar-refractivity contribution in [2.45, 2.75) is 19.4 Å². The molecule has 2 amide bonds. The van der Waals surface area contributed by atoms with Crippen molar-refractivity contribution < 1.29 is 9.59 Å². The second-order valence-corrected chi connectivity index (χ2v) is 7.86. The molecule has 1 heterocycles. The molecule has 3 nitrogen and oxygen atoms in total. The lowest BCUT2D eigenvalue weighted by atomic mass is 9.57. The molecule has 6 rings (SSSR count). The molecule has 27 heavy (non-hydrogen) atoms. The molecule has 2 bridgehead atoms. The van der Waals surface area contributed by atoms with Gasteiger partial charge in [0.05, 0.1) is 17.9 Å². The van der Waals surface area contributed by atoms with Gasteiger partial charge in [-0.05, 0) is 18.1 Å². The van der Waals surface area contributed by atoms with Gasteiger partial charge < -0.3 is 0 Å². The first-order valence-corrected chi connectivity index (χ1v) is 9.45.